The van der Waals surface area contributed by atoms with Gasteiger partial charge in [-0.05, 0) is 12.6 Å². The zero-order valence-corrected chi connectivity index (χ0v) is 10.1. The molecule has 18 heavy (non-hydrogen) atoms. The number of aromatic amines is 1. The summed E-state index contributed by atoms with van der Waals surface area (Å²) < 4.78 is 0. The first kappa shape index (κ1) is 12.3. The summed E-state index contributed by atoms with van der Waals surface area (Å²) in [6.45, 7) is 1.22. The normalized spacial score (nSPS) is 10.8. The first-order valence-corrected chi connectivity index (χ1v) is 5.65. The second-order valence-corrected chi connectivity index (χ2v) is 4.21. The van der Waals surface area contributed by atoms with Gasteiger partial charge >= 0.3 is 0 Å². The van der Waals surface area contributed by atoms with E-state index in [-0.39, 0.29) is 11.4 Å². The fraction of sp³-hybridized carbons (Fsp3) is 0.231. The molecule has 0 aliphatic rings. The summed E-state index contributed by atoms with van der Waals surface area (Å²) in [5.74, 6) is 0.209. The highest BCUT2D eigenvalue weighted by atomic mass is 16.3. The average molecular weight is 245 g/mol. The Balaban J connectivity index is 2.03. The Bertz CT molecular complexity index is 566. The van der Waals surface area contributed by atoms with Crippen molar-refractivity contribution in [3.8, 4) is 5.88 Å². The Labute approximate surface area is 105 Å². The molecule has 5 nitrogen and oxygen atoms in total. The van der Waals surface area contributed by atoms with Crippen molar-refractivity contribution in [2.45, 2.75) is 13.1 Å². The minimum absolute atomic E-state index is 0.248. The molecule has 0 bridgehead atoms. The summed E-state index contributed by atoms with van der Waals surface area (Å²) in [7, 11) is 1.93. The van der Waals surface area contributed by atoms with Crippen LogP contribution in [0.25, 0.3) is 0 Å². The molecule has 2 aromatic rings. The van der Waals surface area contributed by atoms with Crippen LogP contribution < -0.4 is 5.56 Å². The lowest BCUT2D eigenvalue weighted by Crippen LogP contribution is -2.21. The molecular weight excluding hydrogens is 230 g/mol. The molecule has 0 spiro atoms. The molecule has 0 fully saturated rings. The molecule has 1 aromatic heterocycles. The third-order valence-electron chi connectivity index (χ3n) is 2.49. The van der Waals surface area contributed by atoms with Crippen LogP contribution in [0.1, 0.15) is 11.4 Å². The maximum atomic E-state index is 11.2. The molecule has 2 N–H and O–H groups in total. The third-order valence-corrected chi connectivity index (χ3v) is 2.49. The number of H-pyrrole nitrogens is 1. The molecule has 1 aromatic carbocycles. The summed E-state index contributed by atoms with van der Waals surface area (Å²) in [5, 5.41) is 9.25. The summed E-state index contributed by atoms with van der Waals surface area (Å²) in [5.41, 5.74) is 0.841. The first-order chi connectivity index (χ1) is 8.63. The number of nitrogens with zero attached hydrogens (tertiary/aromatic N) is 2. The lowest BCUT2D eigenvalue weighted by Gasteiger charge is -2.15. The molecule has 0 unspecified atom stereocenters. The van der Waals surface area contributed by atoms with E-state index in [1.54, 1.807) is 0 Å². The van der Waals surface area contributed by atoms with Crippen LogP contribution in [0, 0.1) is 0 Å². The maximum absolute atomic E-state index is 11.2. The Morgan fingerprint density at radius 2 is 2.00 bits per heavy atom. The summed E-state index contributed by atoms with van der Waals surface area (Å²) in [6.07, 6.45) is 0. The average Bonchev–Trinajstić information content (AvgIpc) is 2.28. The van der Waals surface area contributed by atoms with Gasteiger partial charge in [0.05, 0.1) is 12.6 Å². The molecule has 2 rings (SSSR count). The second-order valence-electron chi connectivity index (χ2n) is 4.21. The molecule has 0 saturated heterocycles. The number of aromatic hydroxyl groups is 1. The minimum Gasteiger partial charge on any atom is -0.493 e. The molecule has 0 amide bonds. The lowest BCUT2D eigenvalue weighted by molar-refractivity contribution is 0.307. The van der Waals surface area contributed by atoms with Crippen molar-refractivity contribution in [2.24, 2.45) is 0 Å². The van der Waals surface area contributed by atoms with Crippen LogP contribution in [0.2, 0.25) is 0 Å². The van der Waals surface area contributed by atoms with Gasteiger partial charge in [0, 0.05) is 6.54 Å². The summed E-state index contributed by atoms with van der Waals surface area (Å²) in [4.78, 5) is 19.7. The number of hydrogen-bond acceptors (Lipinski definition) is 4. The monoisotopic (exact) mass is 245 g/mol. The standard InChI is InChI=1S/C13H15N3O2/c1-16(8-10-5-3-2-4-6-10)9-11-14-12(17)7-13(18)15-11/h2-7H,8-9H2,1H3,(H2,14,15,17,18). The predicted molar refractivity (Wildman–Crippen MR) is 68.1 cm³/mol. The Kier molecular flexibility index (Phi) is 3.74. The summed E-state index contributed by atoms with van der Waals surface area (Å²) in [6, 6.07) is 11.1. The molecule has 0 aliphatic carbocycles. The zero-order valence-electron chi connectivity index (χ0n) is 10.1. The lowest BCUT2D eigenvalue weighted by atomic mass is 10.2. The van der Waals surface area contributed by atoms with E-state index in [4.69, 9.17) is 0 Å². The number of aromatic nitrogens is 2. The Morgan fingerprint density at radius 3 is 2.67 bits per heavy atom. The van der Waals surface area contributed by atoms with Crippen LogP contribution in [0.3, 0.4) is 0 Å². The number of nitrogens with one attached hydrogen (secondary N) is 1. The molecule has 1 heterocycles. The minimum atomic E-state index is -0.342. The first-order valence-electron chi connectivity index (χ1n) is 5.65. The van der Waals surface area contributed by atoms with Gasteiger partial charge in [0.1, 0.15) is 5.82 Å². The molecule has 0 aliphatic heterocycles. The quantitative estimate of drug-likeness (QED) is 0.846. The topological polar surface area (TPSA) is 69.2 Å². The van der Waals surface area contributed by atoms with Crippen LogP contribution in [-0.4, -0.2) is 27.0 Å². The largest absolute Gasteiger partial charge is 0.493 e. The Hall–Kier alpha value is -2.14. The van der Waals surface area contributed by atoms with Gasteiger partial charge < -0.3 is 10.1 Å². The van der Waals surface area contributed by atoms with Gasteiger partial charge in [0.25, 0.3) is 5.56 Å². The highest BCUT2D eigenvalue weighted by Gasteiger charge is 2.05. The van der Waals surface area contributed by atoms with E-state index >= 15 is 0 Å². The fourth-order valence-corrected chi connectivity index (χ4v) is 1.78. The number of hydrogen-bond donors (Lipinski definition) is 2. The van der Waals surface area contributed by atoms with E-state index in [0.29, 0.717) is 12.4 Å². The van der Waals surface area contributed by atoms with Crippen molar-refractivity contribution in [1.82, 2.24) is 14.9 Å². The summed E-state index contributed by atoms with van der Waals surface area (Å²) >= 11 is 0. The van der Waals surface area contributed by atoms with Crippen molar-refractivity contribution < 1.29 is 5.11 Å². The van der Waals surface area contributed by atoms with Crippen LogP contribution >= 0.6 is 0 Å². The molecule has 94 valence electrons. The van der Waals surface area contributed by atoms with Crippen molar-refractivity contribution in [3.05, 3.63) is 58.1 Å². The van der Waals surface area contributed by atoms with E-state index in [1.165, 1.54) is 5.56 Å². The Morgan fingerprint density at radius 1 is 1.28 bits per heavy atom. The van der Waals surface area contributed by atoms with Gasteiger partial charge in [-0.1, -0.05) is 30.3 Å². The van der Waals surface area contributed by atoms with Crippen molar-refractivity contribution in [2.75, 3.05) is 7.05 Å². The van der Waals surface area contributed by atoms with Crippen molar-refractivity contribution >= 4 is 0 Å². The maximum Gasteiger partial charge on any atom is 0.254 e. The highest BCUT2D eigenvalue weighted by molar-refractivity contribution is 5.14. The van der Waals surface area contributed by atoms with Gasteiger partial charge in [-0.25, -0.2) is 0 Å². The van der Waals surface area contributed by atoms with Crippen LogP contribution in [-0.2, 0) is 13.1 Å². The number of rotatable bonds is 4. The molecular formula is C13H15N3O2. The van der Waals surface area contributed by atoms with Crippen molar-refractivity contribution in [3.63, 3.8) is 0 Å². The van der Waals surface area contributed by atoms with Gasteiger partial charge in [0.15, 0.2) is 0 Å². The predicted octanol–water partition coefficient (Wildman–Crippen LogP) is 1.11. The zero-order chi connectivity index (χ0) is 13.0. The smallest absolute Gasteiger partial charge is 0.254 e. The van der Waals surface area contributed by atoms with Gasteiger partial charge in [0.2, 0.25) is 5.88 Å². The third kappa shape index (κ3) is 3.43. The van der Waals surface area contributed by atoms with E-state index in [0.717, 1.165) is 12.6 Å². The highest BCUT2D eigenvalue weighted by Crippen LogP contribution is 2.06. The van der Waals surface area contributed by atoms with E-state index in [1.807, 2.05) is 42.3 Å². The molecule has 0 saturated carbocycles. The van der Waals surface area contributed by atoms with E-state index in [9.17, 15) is 9.90 Å². The molecule has 0 radical (unpaired) electrons. The van der Waals surface area contributed by atoms with E-state index in [2.05, 4.69) is 9.97 Å². The van der Waals surface area contributed by atoms with Crippen molar-refractivity contribution in [1.29, 1.82) is 0 Å². The SMILES string of the molecule is CN(Cc1ccccc1)Cc1nc(O)cc(=O)[nH]1. The van der Waals surface area contributed by atoms with Crippen LogP contribution in [0.15, 0.2) is 41.2 Å². The molecule has 0 atom stereocenters. The second kappa shape index (κ2) is 5.46. The fourth-order valence-electron chi connectivity index (χ4n) is 1.78. The van der Waals surface area contributed by atoms with Gasteiger partial charge in [-0.3, -0.25) is 9.69 Å². The number of benzene rings is 1. The molecule has 5 heteroatoms. The van der Waals surface area contributed by atoms with E-state index < -0.39 is 0 Å². The van der Waals surface area contributed by atoms with Crippen LogP contribution in [0.4, 0.5) is 0 Å². The van der Waals surface area contributed by atoms with Crippen LogP contribution in [0.5, 0.6) is 5.88 Å². The van der Waals surface area contributed by atoms with Gasteiger partial charge in [-0.2, -0.15) is 4.98 Å². The van der Waals surface area contributed by atoms with Gasteiger partial charge in [-0.15, -0.1) is 0 Å².